The van der Waals surface area contributed by atoms with Crippen LogP contribution in [0.2, 0.25) is 0 Å². The van der Waals surface area contributed by atoms with Gasteiger partial charge < -0.3 is 23.7 Å². The summed E-state index contributed by atoms with van der Waals surface area (Å²) < 4.78 is 31.2. The quantitative estimate of drug-likeness (QED) is 0.187. The summed E-state index contributed by atoms with van der Waals surface area (Å²) in [4.78, 5) is 0. The Morgan fingerprint density at radius 3 is 1.96 bits per heavy atom. The Morgan fingerprint density at radius 2 is 1.32 bits per heavy atom. The fourth-order valence-electron chi connectivity index (χ4n) is 9.52. The Labute approximate surface area is 294 Å². The minimum Gasteiger partial charge on any atom is -0.497 e. The lowest BCUT2D eigenvalue weighted by molar-refractivity contribution is 0.163. The van der Waals surface area contributed by atoms with Crippen molar-refractivity contribution in [1.82, 2.24) is 0 Å². The van der Waals surface area contributed by atoms with E-state index in [4.69, 9.17) is 23.7 Å². The number of benzene rings is 5. The van der Waals surface area contributed by atoms with Crippen molar-refractivity contribution in [2.45, 2.75) is 68.8 Å². The normalized spacial score (nSPS) is 18.1. The molecule has 2 aliphatic heterocycles. The maximum Gasteiger partial charge on any atom is 0.178 e. The third-order valence-electron chi connectivity index (χ3n) is 11.9. The van der Waals surface area contributed by atoms with Gasteiger partial charge in [-0.3, -0.25) is 0 Å². The summed E-state index contributed by atoms with van der Waals surface area (Å²) >= 11 is 0. The highest BCUT2D eigenvalue weighted by atomic mass is 16.5. The number of fused-ring (bicyclic) bond motifs is 12. The molecular formula is C45H44O5. The van der Waals surface area contributed by atoms with Crippen molar-refractivity contribution < 1.29 is 23.7 Å². The second-order valence-corrected chi connectivity index (χ2v) is 14.3. The molecule has 0 aromatic heterocycles. The highest BCUT2D eigenvalue weighted by Crippen LogP contribution is 2.63. The van der Waals surface area contributed by atoms with E-state index >= 15 is 0 Å². The van der Waals surface area contributed by atoms with Crippen molar-refractivity contribution in [3.8, 4) is 39.9 Å². The monoisotopic (exact) mass is 664 g/mol. The SMILES string of the molecule is COc1ccc(C2(c3ccc(OC)cc3)C=Cc3c4c(c5c6c(c(OC)cc5c3O2)OCC6)-c2ccccc2C42CCCCCCCC2)cc1. The average Bonchev–Trinajstić information content (AvgIpc) is 3.80. The third kappa shape index (κ3) is 4.51. The van der Waals surface area contributed by atoms with Gasteiger partial charge in [-0.15, -0.1) is 0 Å². The molecule has 0 N–H and O–H groups in total. The first kappa shape index (κ1) is 31.1. The second kappa shape index (κ2) is 12.2. The maximum atomic E-state index is 7.69. The number of methoxy groups -OCH3 is 3. The van der Waals surface area contributed by atoms with Gasteiger partial charge in [0.15, 0.2) is 17.1 Å². The van der Waals surface area contributed by atoms with Crippen molar-refractivity contribution in [2.24, 2.45) is 0 Å². The van der Waals surface area contributed by atoms with Crippen LogP contribution in [0.25, 0.3) is 28.0 Å². The zero-order valence-corrected chi connectivity index (χ0v) is 29.3. The van der Waals surface area contributed by atoms with Crippen molar-refractivity contribution in [1.29, 1.82) is 0 Å². The van der Waals surface area contributed by atoms with Crippen LogP contribution in [0.4, 0.5) is 0 Å². The molecule has 1 fully saturated rings. The van der Waals surface area contributed by atoms with E-state index in [9.17, 15) is 0 Å². The van der Waals surface area contributed by atoms with Crippen LogP contribution >= 0.6 is 0 Å². The lowest BCUT2D eigenvalue weighted by Gasteiger charge is -2.40. The highest BCUT2D eigenvalue weighted by molar-refractivity contribution is 6.11. The predicted molar refractivity (Wildman–Crippen MR) is 199 cm³/mol. The van der Waals surface area contributed by atoms with E-state index in [-0.39, 0.29) is 5.41 Å². The van der Waals surface area contributed by atoms with Crippen LogP contribution in [0.15, 0.2) is 84.9 Å². The van der Waals surface area contributed by atoms with Crippen LogP contribution in [0.5, 0.6) is 28.7 Å². The Morgan fingerprint density at radius 1 is 0.680 bits per heavy atom. The van der Waals surface area contributed by atoms with E-state index in [2.05, 4.69) is 66.7 Å². The Bertz CT molecular complexity index is 2070. The lowest BCUT2D eigenvalue weighted by atomic mass is 9.68. The summed E-state index contributed by atoms with van der Waals surface area (Å²) in [5.41, 5.74) is 9.14. The standard InChI is InChI=1S/C45H44O5/c1-46-31-18-14-29(15-19-31)45(30-16-20-32(47-2)21-17-30)26-22-35-41-40(39-34-23-27-49-43(34)38(48-3)28-36(39)42(35)50-45)33-12-8-9-13-37(33)44(41)24-10-6-4-5-7-11-25-44/h8-9,12-22,26,28H,4-7,10-11,23-25,27H2,1-3H3. The van der Waals surface area contributed by atoms with E-state index in [1.807, 2.05) is 24.3 Å². The van der Waals surface area contributed by atoms with Gasteiger partial charge in [0.25, 0.3) is 0 Å². The molecule has 0 amide bonds. The molecule has 0 bridgehead atoms. The van der Waals surface area contributed by atoms with E-state index < -0.39 is 5.60 Å². The van der Waals surface area contributed by atoms with E-state index in [1.54, 1.807) is 21.3 Å². The first-order valence-electron chi connectivity index (χ1n) is 18.3. The van der Waals surface area contributed by atoms with Gasteiger partial charge in [-0.2, -0.15) is 0 Å². The molecule has 0 unspecified atom stereocenters. The number of ether oxygens (including phenoxy) is 5. The van der Waals surface area contributed by atoms with Gasteiger partial charge in [0.05, 0.1) is 27.9 Å². The largest absolute Gasteiger partial charge is 0.497 e. The topological polar surface area (TPSA) is 46.2 Å². The summed E-state index contributed by atoms with van der Waals surface area (Å²) in [5.74, 6) is 4.16. The van der Waals surface area contributed by atoms with Crippen molar-refractivity contribution in [3.63, 3.8) is 0 Å². The van der Waals surface area contributed by atoms with Crippen LogP contribution in [-0.4, -0.2) is 27.9 Å². The molecule has 2 aliphatic carbocycles. The van der Waals surface area contributed by atoms with Gasteiger partial charge in [-0.1, -0.05) is 93.1 Å². The molecule has 9 rings (SSSR count). The molecule has 0 atom stereocenters. The maximum absolute atomic E-state index is 7.69. The van der Waals surface area contributed by atoms with Crippen molar-refractivity contribution in [2.75, 3.05) is 27.9 Å². The number of hydrogen-bond acceptors (Lipinski definition) is 5. The van der Waals surface area contributed by atoms with Gasteiger partial charge >= 0.3 is 0 Å². The minimum atomic E-state index is -0.896. The van der Waals surface area contributed by atoms with Gasteiger partial charge in [-0.05, 0) is 71.5 Å². The zero-order valence-electron chi connectivity index (χ0n) is 29.3. The molecule has 5 heteroatoms. The van der Waals surface area contributed by atoms with E-state index in [1.165, 1.54) is 77.3 Å². The smallest absolute Gasteiger partial charge is 0.178 e. The second-order valence-electron chi connectivity index (χ2n) is 14.3. The van der Waals surface area contributed by atoms with E-state index in [0.29, 0.717) is 6.61 Å². The van der Waals surface area contributed by atoms with Crippen LogP contribution in [0.1, 0.15) is 84.7 Å². The summed E-state index contributed by atoms with van der Waals surface area (Å²) in [6, 6.07) is 28.0. The van der Waals surface area contributed by atoms with Crippen LogP contribution in [0.3, 0.4) is 0 Å². The molecule has 4 aliphatic rings. The minimum absolute atomic E-state index is 0.0886. The van der Waals surface area contributed by atoms with Crippen molar-refractivity contribution >= 4 is 16.8 Å². The Balaban J connectivity index is 1.38. The van der Waals surface area contributed by atoms with Gasteiger partial charge in [0, 0.05) is 44.9 Å². The molecule has 2 heterocycles. The predicted octanol–water partition coefficient (Wildman–Crippen LogP) is 10.6. The average molecular weight is 665 g/mol. The summed E-state index contributed by atoms with van der Waals surface area (Å²) in [6.45, 7) is 0.645. The van der Waals surface area contributed by atoms with Crippen LogP contribution in [0, 0.1) is 0 Å². The molecule has 5 aromatic carbocycles. The van der Waals surface area contributed by atoms with Crippen molar-refractivity contribution in [3.05, 3.63) is 118 Å². The van der Waals surface area contributed by atoms with Crippen LogP contribution in [-0.2, 0) is 17.4 Å². The molecule has 1 spiro atoms. The lowest BCUT2D eigenvalue weighted by Crippen LogP contribution is -2.35. The first-order chi connectivity index (χ1) is 24.6. The highest BCUT2D eigenvalue weighted by Gasteiger charge is 2.48. The van der Waals surface area contributed by atoms with E-state index in [0.717, 1.165) is 64.5 Å². The summed E-state index contributed by atoms with van der Waals surface area (Å²) in [6.07, 6.45) is 15.4. The molecule has 0 radical (unpaired) electrons. The molecule has 1 saturated carbocycles. The Hall–Kier alpha value is -4.90. The van der Waals surface area contributed by atoms with Gasteiger partial charge in [-0.25, -0.2) is 0 Å². The van der Waals surface area contributed by atoms with Crippen LogP contribution < -0.4 is 23.7 Å². The molecule has 5 nitrogen and oxygen atoms in total. The van der Waals surface area contributed by atoms with Gasteiger partial charge in [0.2, 0.25) is 0 Å². The number of rotatable bonds is 5. The fourth-order valence-corrected chi connectivity index (χ4v) is 9.52. The zero-order chi connectivity index (χ0) is 33.9. The molecule has 0 saturated heterocycles. The third-order valence-corrected chi connectivity index (χ3v) is 11.9. The molecule has 254 valence electrons. The molecular weight excluding hydrogens is 620 g/mol. The number of hydrogen-bond donors (Lipinski definition) is 0. The molecule has 5 aromatic rings. The Kier molecular flexibility index (Phi) is 7.56. The fraction of sp³-hybridized carbons (Fsp3) is 0.333. The first-order valence-corrected chi connectivity index (χ1v) is 18.3. The summed E-state index contributed by atoms with van der Waals surface area (Å²) in [7, 11) is 5.15. The van der Waals surface area contributed by atoms with Gasteiger partial charge in [0.1, 0.15) is 17.2 Å². The summed E-state index contributed by atoms with van der Waals surface area (Å²) in [5, 5.41) is 2.33. The molecule has 50 heavy (non-hydrogen) atoms.